The van der Waals surface area contributed by atoms with Crippen molar-refractivity contribution in [1.29, 1.82) is 0 Å². The van der Waals surface area contributed by atoms with Gasteiger partial charge in [-0.15, -0.1) is 0 Å². The molecule has 0 saturated carbocycles. The van der Waals surface area contributed by atoms with Crippen LogP contribution in [-0.2, 0) is 16.6 Å². The van der Waals surface area contributed by atoms with Gasteiger partial charge in [0.25, 0.3) is 0 Å². The van der Waals surface area contributed by atoms with E-state index in [1.54, 1.807) is 22.8 Å². The molecular formula is C19H22N2O3S2. The number of hydrogen-bond donors (Lipinski definition) is 1. The van der Waals surface area contributed by atoms with Crippen LogP contribution in [0.25, 0.3) is 10.2 Å². The molecule has 0 aliphatic carbocycles. The molecule has 1 N–H and O–H groups in total. The monoisotopic (exact) mass is 390 g/mol. The molecule has 3 aromatic rings. The SMILES string of the molecule is CCCn1c(=O)sc2cc(S(=O)(=O)N[C@@H](C)c3ccc(C)cc3)ccc21. The number of aryl methyl sites for hydroxylation is 2. The average molecular weight is 391 g/mol. The zero-order valence-corrected chi connectivity index (χ0v) is 16.7. The second-order valence-corrected chi connectivity index (χ2v) is 9.11. The minimum Gasteiger partial charge on any atom is -0.299 e. The minimum absolute atomic E-state index is 0.0580. The molecule has 1 atom stereocenters. The highest BCUT2D eigenvalue weighted by molar-refractivity contribution is 7.89. The Hall–Kier alpha value is -1.96. The van der Waals surface area contributed by atoms with Crippen LogP contribution in [-0.4, -0.2) is 13.0 Å². The van der Waals surface area contributed by atoms with Gasteiger partial charge in [0.1, 0.15) is 0 Å². The molecular weight excluding hydrogens is 368 g/mol. The van der Waals surface area contributed by atoms with Crippen molar-refractivity contribution >= 4 is 31.6 Å². The molecule has 2 aromatic carbocycles. The van der Waals surface area contributed by atoms with Crippen molar-refractivity contribution in [3.05, 3.63) is 63.3 Å². The topological polar surface area (TPSA) is 68.2 Å². The number of nitrogens with one attached hydrogen (secondary N) is 1. The third kappa shape index (κ3) is 3.75. The number of nitrogens with zero attached hydrogens (tertiary/aromatic N) is 1. The number of aromatic nitrogens is 1. The highest BCUT2D eigenvalue weighted by atomic mass is 32.2. The molecule has 0 fully saturated rings. The molecule has 0 amide bonds. The van der Waals surface area contributed by atoms with E-state index in [2.05, 4.69) is 4.72 Å². The summed E-state index contributed by atoms with van der Waals surface area (Å²) in [5, 5.41) is 0. The average Bonchev–Trinajstić information content (AvgIpc) is 2.90. The van der Waals surface area contributed by atoms with Crippen molar-refractivity contribution in [3.63, 3.8) is 0 Å². The third-order valence-electron chi connectivity index (χ3n) is 4.31. The molecule has 7 heteroatoms. The minimum atomic E-state index is -3.68. The van der Waals surface area contributed by atoms with Gasteiger partial charge in [-0.25, -0.2) is 13.1 Å². The van der Waals surface area contributed by atoms with Crippen LogP contribution in [0, 0.1) is 6.92 Å². The van der Waals surface area contributed by atoms with Crippen molar-refractivity contribution < 1.29 is 8.42 Å². The van der Waals surface area contributed by atoms with E-state index in [1.807, 2.05) is 45.0 Å². The van der Waals surface area contributed by atoms with Crippen LogP contribution >= 0.6 is 11.3 Å². The summed E-state index contributed by atoms with van der Waals surface area (Å²) in [5.41, 5.74) is 2.81. The van der Waals surface area contributed by atoms with Crippen LogP contribution in [0.5, 0.6) is 0 Å². The zero-order valence-electron chi connectivity index (χ0n) is 15.0. The van der Waals surface area contributed by atoms with Gasteiger partial charge in [0, 0.05) is 12.6 Å². The summed E-state index contributed by atoms with van der Waals surface area (Å²) >= 11 is 1.08. The van der Waals surface area contributed by atoms with Crippen LogP contribution in [0.3, 0.4) is 0 Å². The summed E-state index contributed by atoms with van der Waals surface area (Å²) in [6.07, 6.45) is 0.849. The molecule has 26 heavy (non-hydrogen) atoms. The molecule has 1 aromatic heterocycles. The van der Waals surface area contributed by atoms with Gasteiger partial charge in [0.2, 0.25) is 10.0 Å². The number of fused-ring (bicyclic) bond motifs is 1. The number of hydrogen-bond acceptors (Lipinski definition) is 4. The first kappa shape index (κ1) is 18.8. The van der Waals surface area contributed by atoms with Crippen LogP contribution in [0.1, 0.15) is 37.4 Å². The second-order valence-electron chi connectivity index (χ2n) is 6.40. The molecule has 0 bridgehead atoms. The second kappa shape index (κ2) is 7.34. The quantitative estimate of drug-likeness (QED) is 0.696. The van der Waals surface area contributed by atoms with Crippen molar-refractivity contribution in [3.8, 4) is 0 Å². The van der Waals surface area contributed by atoms with Gasteiger partial charge in [-0.05, 0) is 44.0 Å². The molecule has 5 nitrogen and oxygen atoms in total. The van der Waals surface area contributed by atoms with Crippen LogP contribution in [0.15, 0.2) is 52.2 Å². The molecule has 138 valence electrons. The first-order valence-corrected chi connectivity index (χ1v) is 10.8. The summed E-state index contributed by atoms with van der Waals surface area (Å²) < 4.78 is 30.6. The lowest BCUT2D eigenvalue weighted by atomic mass is 10.1. The molecule has 1 heterocycles. The van der Waals surface area contributed by atoms with E-state index >= 15 is 0 Å². The lowest BCUT2D eigenvalue weighted by Gasteiger charge is -2.15. The van der Waals surface area contributed by atoms with Gasteiger partial charge in [-0.2, -0.15) is 0 Å². The van der Waals surface area contributed by atoms with Gasteiger partial charge >= 0.3 is 4.87 Å². The third-order valence-corrected chi connectivity index (χ3v) is 6.79. The number of rotatable bonds is 6. The van der Waals surface area contributed by atoms with Crippen molar-refractivity contribution in [2.45, 2.75) is 44.7 Å². The van der Waals surface area contributed by atoms with Gasteiger partial charge in [-0.1, -0.05) is 48.1 Å². The predicted octanol–water partition coefficient (Wildman–Crippen LogP) is 3.82. The first-order valence-electron chi connectivity index (χ1n) is 8.54. The van der Waals surface area contributed by atoms with Crippen molar-refractivity contribution in [1.82, 2.24) is 9.29 Å². The Morgan fingerprint density at radius 3 is 2.50 bits per heavy atom. The Labute approximate surface area is 157 Å². The highest BCUT2D eigenvalue weighted by Gasteiger charge is 2.20. The molecule has 0 radical (unpaired) electrons. The summed E-state index contributed by atoms with van der Waals surface area (Å²) in [6, 6.07) is 12.3. The number of sulfonamides is 1. The first-order chi connectivity index (χ1) is 12.3. The van der Waals surface area contributed by atoms with Crippen molar-refractivity contribution in [2.75, 3.05) is 0 Å². The Bertz CT molecular complexity index is 1080. The Kier molecular flexibility index (Phi) is 5.32. The van der Waals surface area contributed by atoms with E-state index in [1.165, 1.54) is 0 Å². The number of benzene rings is 2. The van der Waals surface area contributed by atoms with Gasteiger partial charge in [-0.3, -0.25) is 9.36 Å². The van der Waals surface area contributed by atoms with E-state index in [-0.39, 0.29) is 15.8 Å². The summed E-state index contributed by atoms with van der Waals surface area (Å²) in [7, 11) is -3.68. The van der Waals surface area contributed by atoms with E-state index in [0.717, 1.165) is 34.4 Å². The standard InChI is InChI=1S/C19H22N2O3S2/c1-4-11-21-17-10-9-16(12-18(17)25-19(21)22)26(23,24)20-14(3)15-7-5-13(2)6-8-15/h5-10,12,14,20H,4,11H2,1-3H3/t14-/m0/s1. The van der Waals surface area contributed by atoms with Gasteiger partial charge in [0.15, 0.2) is 0 Å². The van der Waals surface area contributed by atoms with E-state index in [4.69, 9.17) is 0 Å². The predicted molar refractivity (Wildman–Crippen MR) is 106 cm³/mol. The Balaban J connectivity index is 1.91. The zero-order chi connectivity index (χ0) is 18.9. The molecule has 0 unspecified atom stereocenters. The molecule has 0 saturated heterocycles. The normalized spacial score (nSPS) is 13.2. The highest BCUT2D eigenvalue weighted by Crippen LogP contribution is 2.23. The Morgan fingerprint density at radius 2 is 1.85 bits per heavy atom. The van der Waals surface area contributed by atoms with E-state index in [9.17, 15) is 13.2 Å². The largest absolute Gasteiger partial charge is 0.308 e. The fourth-order valence-electron chi connectivity index (χ4n) is 2.87. The molecule has 0 spiro atoms. The maximum absolute atomic E-state index is 12.8. The maximum Gasteiger partial charge on any atom is 0.308 e. The summed E-state index contributed by atoms with van der Waals surface area (Å²) in [5.74, 6) is 0. The molecule has 0 aliphatic heterocycles. The maximum atomic E-state index is 12.8. The smallest absolute Gasteiger partial charge is 0.299 e. The van der Waals surface area contributed by atoms with Crippen molar-refractivity contribution in [2.24, 2.45) is 0 Å². The fourth-order valence-corrected chi connectivity index (χ4v) is 5.16. The lowest BCUT2D eigenvalue weighted by Crippen LogP contribution is -2.26. The fraction of sp³-hybridized carbons (Fsp3) is 0.316. The summed E-state index contributed by atoms with van der Waals surface area (Å²) in [4.78, 5) is 12.2. The van der Waals surface area contributed by atoms with E-state index in [0.29, 0.717) is 11.2 Å². The van der Waals surface area contributed by atoms with Gasteiger partial charge in [0.05, 0.1) is 15.1 Å². The van der Waals surface area contributed by atoms with Crippen LogP contribution < -0.4 is 9.60 Å². The summed E-state index contributed by atoms with van der Waals surface area (Å²) in [6.45, 7) is 6.44. The molecule has 3 rings (SSSR count). The van der Waals surface area contributed by atoms with Crippen LogP contribution in [0.2, 0.25) is 0 Å². The van der Waals surface area contributed by atoms with E-state index < -0.39 is 10.0 Å². The lowest BCUT2D eigenvalue weighted by molar-refractivity contribution is 0.567. The molecule has 0 aliphatic rings. The Morgan fingerprint density at radius 1 is 1.15 bits per heavy atom. The number of thiazole rings is 1. The van der Waals surface area contributed by atoms with Crippen LogP contribution in [0.4, 0.5) is 0 Å². The van der Waals surface area contributed by atoms with Gasteiger partial charge < -0.3 is 0 Å².